The highest BCUT2D eigenvalue weighted by atomic mass is 16.6. The van der Waals surface area contributed by atoms with Crippen molar-refractivity contribution >= 4 is 11.9 Å². The van der Waals surface area contributed by atoms with Crippen LogP contribution in [0.3, 0.4) is 0 Å². The number of aliphatic hydroxyl groups excluding tert-OH is 8. The number of fused-ring (bicyclic) bond motifs is 4. The molecule has 20 heteroatoms. The van der Waals surface area contributed by atoms with E-state index in [0.29, 0.717) is 63.4 Å². The molecule has 5 aliphatic rings. The third-order valence-electron chi connectivity index (χ3n) is 22.3. The zero-order chi connectivity index (χ0) is 72.5. The number of aliphatic hydroxyl groups is 8. The minimum Gasteiger partial charge on any atom is -0.459 e. The van der Waals surface area contributed by atoms with Crippen molar-refractivity contribution in [2.24, 2.45) is 47.3 Å². The number of methoxy groups -OCH3 is 4. The monoisotopic (exact) mass is 1390 g/mol. The lowest BCUT2D eigenvalue weighted by Gasteiger charge is -2.38. The Balaban J connectivity index is 1.37. The summed E-state index contributed by atoms with van der Waals surface area (Å²) in [5.41, 5.74) is 1.41. The minimum absolute atomic E-state index is 0.0282. The fraction of sp³-hybridized carbons (Fsp3) is 0.821. The molecule has 30 unspecified atom stereocenters. The number of hydrogen-bond acceptors (Lipinski definition) is 20. The van der Waals surface area contributed by atoms with E-state index in [1.165, 1.54) is 12.2 Å². The predicted molar refractivity (Wildman–Crippen MR) is 377 cm³/mol. The van der Waals surface area contributed by atoms with Crippen LogP contribution in [0.5, 0.6) is 0 Å². The number of carbonyl (C=O) groups is 2. The summed E-state index contributed by atoms with van der Waals surface area (Å²) < 4.78 is 61.4. The summed E-state index contributed by atoms with van der Waals surface area (Å²) in [5, 5.41) is 94.1. The molecule has 2 fully saturated rings. The van der Waals surface area contributed by atoms with E-state index in [-0.39, 0.29) is 92.8 Å². The molecular formula is C78H132O20. The van der Waals surface area contributed by atoms with Gasteiger partial charge in [-0.05, 0) is 129 Å². The molecule has 8 N–H and O–H groups in total. The van der Waals surface area contributed by atoms with E-state index in [4.69, 9.17) is 47.4 Å². The minimum atomic E-state index is -1.17. The fourth-order valence-electron chi connectivity index (χ4n) is 15.4. The zero-order valence-corrected chi connectivity index (χ0v) is 62.3. The van der Waals surface area contributed by atoms with Crippen molar-refractivity contribution in [2.75, 3.05) is 28.4 Å². The first-order valence-corrected chi connectivity index (χ1v) is 37.1. The van der Waals surface area contributed by atoms with E-state index in [0.717, 1.165) is 31.3 Å². The van der Waals surface area contributed by atoms with E-state index in [1.54, 1.807) is 54.4 Å². The molecule has 2 saturated heterocycles. The number of carbonyl (C=O) groups excluding carboxylic acids is 2. The predicted octanol–water partition coefficient (Wildman–Crippen LogP) is 10.1. The Morgan fingerprint density at radius 1 is 0.469 bits per heavy atom. The Bertz CT molecular complexity index is 2480. The van der Waals surface area contributed by atoms with Gasteiger partial charge in [-0.3, -0.25) is 0 Å². The summed E-state index contributed by atoms with van der Waals surface area (Å²) in [6.45, 7) is 22.6. The fourth-order valence-corrected chi connectivity index (χ4v) is 15.4. The van der Waals surface area contributed by atoms with E-state index < -0.39 is 133 Å². The van der Waals surface area contributed by atoms with Crippen LogP contribution in [0.15, 0.2) is 71.9 Å². The van der Waals surface area contributed by atoms with Gasteiger partial charge >= 0.3 is 11.9 Å². The molecule has 564 valence electrons. The average molecular weight is 1390 g/mol. The molecule has 0 aromatic carbocycles. The highest BCUT2D eigenvalue weighted by Gasteiger charge is 2.42. The van der Waals surface area contributed by atoms with Gasteiger partial charge in [-0.15, -0.1) is 0 Å². The maximum atomic E-state index is 13.9. The van der Waals surface area contributed by atoms with Gasteiger partial charge in [0.25, 0.3) is 0 Å². The molecule has 5 rings (SSSR count). The second-order valence-corrected chi connectivity index (χ2v) is 30.3. The van der Waals surface area contributed by atoms with Crippen LogP contribution in [0.25, 0.3) is 0 Å². The molecule has 0 amide bonds. The number of hydrogen-bond donors (Lipinski definition) is 8. The molecule has 0 aromatic heterocycles. The second-order valence-electron chi connectivity index (χ2n) is 30.3. The molecule has 0 saturated carbocycles. The first kappa shape index (κ1) is 85.4. The van der Waals surface area contributed by atoms with Crippen LogP contribution in [0, 0.1) is 47.3 Å². The molecule has 4 bridgehead atoms. The normalized spacial score (nSPS) is 40.4. The smallest absolute Gasteiger partial charge is 0.331 e. The number of allylic oxidation sites excluding steroid dienone is 4. The van der Waals surface area contributed by atoms with E-state index in [9.17, 15) is 50.4 Å². The van der Waals surface area contributed by atoms with Crippen molar-refractivity contribution in [2.45, 2.75) is 333 Å². The molecule has 0 spiro atoms. The SMILES string of the molecule is COC1CC(C)OC(CCC(C)C(O)C(C)C2OC(=O)C=CC(C)=CCC(O)CC3C=CCC(CC(OC)C(C)C(O)CC(O)C(C)C(O)C(C)C(C(C)CCC4CC(OC)CC(C)O4)OC(=O)C=CC(C)=CCC(O)CC4C=CCC(CC(OC)C(C)C(O)CC(O)C2C)O4)O3)C1. The van der Waals surface area contributed by atoms with Gasteiger partial charge in [-0.25, -0.2) is 9.59 Å². The van der Waals surface area contributed by atoms with Gasteiger partial charge in [0.2, 0.25) is 0 Å². The van der Waals surface area contributed by atoms with Crippen LogP contribution in [0.2, 0.25) is 0 Å². The van der Waals surface area contributed by atoms with Crippen LogP contribution in [-0.2, 0) is 57.0 Å². The summed E-state index contributed by atoms with van der Waals surface area (Å²) in [6, 6.07) is 0. The molecule has 98 heavy (non-hydrogen) atoms. The molecule has 20 nitrogen and oxygen atoms in total. The van der Waals surface area contributed by atoms with E-state index in [1.807, 2.05) is 106 Å². The molecule has 5 aliphatic heterocycles. The van der Waals surface area contributed by atoms with Crippen LogP contribution in [0.4, 0.5) is 0 Å². The highest BCUT2D eigenvalue weighted by Crippen LogP contribution is 2.37. The standard InChI is InChI=1S/C78H132O20/c1-45-23-29-57(79)37-60-20-18-22-62(96-60)42-72(92-16)52(8)68(82)44-70(84)54(10)78(55(11)75(87)47(3)27-31-63-39-65(89-13)35-49(5)93-63)98-74(86)34-26-46(2)24-30-58(80)38-59-19-17-21-61(95-59)41-71(91-15)51(7)67(81)43-69(83)53(9)76(88)56(12)77(97-73(85)33-25-45)48(4)28-32-64-40-66(90-14)36-50(6)94-64/h17-20,23-26,33-34,47-72,75-84,87-88H,21-22,27-32,35-44H2,1-16H3. The summed E-state index contributed by atoms with van der Waals surface area (Å²) in [7, 11) is 6.59. The largest absolute Gasteiger partial charge is 0.459 e. The zero-order valence-electron chi connectivity index (χ0n) is 62.3. The Hall–Kier alpha value is -3.26. The van der Waals surface area contributed by atoms with Crippen molar-refractivity contribution in [1.29, 1.82) is 0 Å². The second kappa shape index (κ2) is 43.1. The summed E-state index contributed by atoms with van der Waals surface area (Å²) in [5.74, 6) is -5.42. The van der Waals surface area contributed by atoms with Gasteiger partial charge < -0.3 is 88.2 Å². The Labute approximate surface area is 587 Å². The quantitative estimate of drug-likeness (QED) is 0.0593. The number of esters is 2. The van der Waals surface area contributed by atoms with Crippen molar-refractivity contribution in [3.8, 4) is 0 Å². The van der Waals surface area contributed by atoms with Gasteiger partial charge in [0, 0.05) is 102 Å². The van der Waals surface area contributed by atoms with E-state index >= 15 is 0 Å². The van der Waals surface area contributed by atoms with Crippen LogP contribution >= 0.6 is 0 Å². The maximum absolute atomic E-state index is 13.9. The summed E-state index contributed by atoms with van der Waals surface area (Å²) >= 11 is 0. The van der Waals surface area contributed by atoms with Crippen molar-refractivity contribution < 1.29 is 97.8 Å². The van der Waals surface area contributed by atoms with Gasteiger partial charge in [-0.2, -0.15) is 0 Å². The Morgan fingerprint density at radius 3 is 1.33 bits per heavy atom. The average Bonchev–Trinajstić information content (AvgIpc) is 0.895. The lowest BCUT2D eigenvalue weighted by atomic mass is 9.78. The van der Waals surface area contributed by atoms with Crippen molar-refractivity contribution in [1.82, 2.24) is 0 Å². The topological polar surface area (TPSA) is 288 Å². The van der Waals surface area contributed by atoms with Crippen LogP contribution in [0.1, 0.15) is 199 Å². The highest BCUT2D eigenvalue weighted by molar-refractivity contribution is 5.83. The number of ether oxygens (including phenoxy) is 10. The first-order valence-electron chi connectivity index (χ1n) is 37.1. The Kier molecular flexibility index (Phi) is 37.6. The van der Waals surface area contributed by atoms with Crippen molar-refractivity contribution in [3.63, 3.8) is 0 Å². The summed E-state index contributed by atoms with van der Waals surface area (Å²) in [6.07, 6.45) is 14.3. The molecule has 0 radical (unpaired) electrons. The first-order chi connectivity index (χ1) is 46.4. The maximum Gasteiger partial charge on any atom is 0.331 e. The van der Waals surface area contributed by atoms with Crippen molar-refractivity contribution in [3.05, 3.63) is 71.9 Å². The summed E-state index contributed by atoms with van der Waals surface area (Å²) in [4.78, 5) is 27.8. The lowest BCUT2D eigenvalue weighted by molar-refractivity contribution is -0.158. The molecule has 0 aromatic rings. The van der Waals surface area contributed by atoms with Gasteiger partial charge in [0.1, 0.15) is 12.2 Å². The molecule has 5 heterocycles. The van der Waals surface area contributed by atoms with Gasteiger partial charge in [0.05, 0.1) is 122 Å². The molecule has 0 aliphatic carbocycles. The lowest BCUT2D eigenvalue weighted by Crippen LogP contribution is -2.45. The van der Waals surface area contributed by atoms with Crippen LogP contribution in [-0.4, -0.2) is 216 Å². The third-order valence-corrected chi connectivity index (χ3v) is 22.3. The van der Waals surface area contributed by atoms with Gasteiger partial charge in [0.15, 0.2) is 0 Å². The third kappa shape index (κ3) is 28.1. The van der Waals surface area contributed by atoms with E-state index in [2.05, 4.69) is 0 Å². The van der Waals surface area contributed by atoms with Crippen LogP contribution < -0.4 is 0 Å². The van der Waals surface area contributed by atoms with Gasteiger partial charge in [-0.1, -0.05) is 115 Å². The Morgan fingerprint density at radius 2 is 0.888 bits per heavy atom. The number of rotatable bonds is 14. The molecule has 30 atom stereocenters. The molecular weight excluding hydrogens is 1260 g/mol. The number of cyclic esters (lactones) is 2.